The number of carbonyl (C=O) groups is 1. The summed E-state index contributed by atoms with van der Waals surface area (Å²) in [7, 11) is -0.819. The van der Waals surface area contributed by atoms with Crippen molar-refractivity contribution < 1.29 is 17.9 Å². The lowest BCUT2D eigenvalue weighted by atomic mass is 9.64. The first-order valence-corrected chi connectivity index (χ1v) is 11.3. The highest BCUT2D eigenvalue weighted by Crippen LogP contribution is 2.45. The first-order chi connectivity index (χ1) is 13.7. The number of anilines is 1. The third kappa shape index (κ3) is 4.13. The van der Waals surface area contributed by atoms with Crippen LogP contribution in [0.5, 0.6) is 5.75 Å². The van der Waals surface area contributed by atoms with Gasteiger partial charge in [-0.15, -0.1) is 0 Å². The Hall–Kier alpha value is -2.09. The van der Waals surface area contributed by atoms with Crippen LogP contribution >= 0.6 is 11.6 Å². The Kier molecular flexibility index (Phi) is 6.22. The van der Waals surface area contributed by atoms with E-state index in [-0.39, 0.29) is 16.6 Å². The Labute approximate surface area is 176 Å². The van der Waals surface area contributed by atoms with Crippen molar-refractivity contribution in [1.82, 2.24) is 4.31 Å². The zero-order chi connectivity index (χ0) is 21.2. The van der Waals surface area contributed by atoms with E-state index in [0.29, 0.717) is 17.3 Å². The van der Waals surface area contributed by atoms with Crippen LogP contribution < -0.4 is 10.1 Å². The van der Waals surface area contributed by atoms with E-state index in [1.165, 1.54) is 20.2 Å². The maximum Gasteiger partial charge on any atom is 0.246 e. The standard InChI is InChI=1S/C21H25ClN2O4S/c1-4-28-18-10-9-17(14-19(18)29(26,27)24(2)3)23-20(25)21(11-6-12-21)15-7-5-8-16(22)13-15/h5,7-10,13-14H,4,6,11-12H2,1-3H3,(H,23,25). The summed E-state index contributed by atoms with van der Waals surface area (Å²) < 4.78 is 32.0. The highest BCUT2D eigenvalue weighted by Gasteiger charge is 2.45. The minimum Gasteiger partial charge on any atom is -0.492 e. The van der Waals surface area contributed by atoms with Crippen LogP contribution in [0, 0.1) is 0 Å². The van der Waals surface area contributed by atoms with Gasteiger partial charge in [-0.25, -0.2) is 12.7 Å². The second kappa shape index (κ2) is 8.34. The molecule has 1 saturated carbocycles. The molecule has 6 nitrogen and oxygen atoms in total. The molecule has 1 aliphatic rings. The predicted octanol–water partition coefficient (Wildman–Crippen LogP) is 4.05. The summed E-state index contributed by atoms with van der Waals surface area (Å²) in [5.74, 6) is 0.0933. The van der Waals surface area contributed by atoms with E-state index in [9.17, 15) is 13.2 Å². The molecule has 0 bridgehead atoms. The average Bonchev–Trinajstić information content (AvgIpc) is 2.62. The van der Waals surface area contributed by atoms with Crippen molar-refractivity contribution in [2.45, 2.75) is 36.5 Å². The lowest BCUT2D eigenvalue weighted by Crippen LogP contribution is -2.46. The molecular formula is C21H25ClN2O4S. The van der Waals surface area contributed by atoms with Gasteiger partial charge in [0.05, 0.1) is 12.0 Å². The van der Waals surface area contributed by atoms with Gasteiger partial charge in [0.2, 0.25) is 15.9 Å². The van der Waals surface area contributed by atoms with E-state index in [4.69, 9.17) is 16.3 Å². The molecule has 1 fully saturated rings. The van der Waals surface area contributed by atoms with E-state index in [0.717, 1.165) is 29.1 Å². The molecule has 0 unspecified atom stereocenters. The number of sulfonamides is 1. The van der Waals surface area contributed by atoms with E-state index in [1.807, 2.05) is 18.2 Å². The number of carbonyl (C=O) groups excluding carboxylic acids is 1. The fraction of sp³-hybridized carbons (Fsp3) is 0.381. The highest BCUT2D eigenvalue weighted by atomic mass is 35.5. The molecule has 8 heteroatoms. The zero-order valence-corrected chi connectivity index (χ0v) is 18.3. The van der Waals surface area contributed by atoms with Gasteiger partial charge < -0.3 is 10.1 Å². The molecule has 29 heavy (non-hydrogen) atoms. The molecule has 1 N–H and O–H groups in total. The topological polar surface area (TPSA) is 75.7 Å². The summed E-state index contributed by atoms with van der Waals surface area (Å²) >= 11 is 6.13. The molecule has 0 saturated heterocycles. The molecule has 0 aromatic heterocycles. The summed E-state index contributed by atoms with van der Waals surface area (Å²) in [5, 5.41) is 3.49. The van der Waals surface area contributed by atoms with Crippen LogP contribution in [-0.2, 0) is 20.2 Å². The first kappa shape index (κ1) is 21.6. The smallest absolute Gasteiger partial charge is 0.246 e. The van der Waals surface area contributed by atoms with Gasteiger partial charge in [0.15, 0.2) is 0 Å². The number of hydrogen-bond acceptors (Lipinski definition) is 4. The van der Waals surface area contributed by atoms with Crippen molar-refractivity contribution in [3.8, 4) is 5.75 Å². The number of amides is 1. The van der Waals surface area contributed by atoms with Crippen molar-refractivity contribution in [3.63, 3.8) is 0 Å². The fourth-order valence-corrected chi connectivity index (χ4v) is 4.71. The zero-order valence-electron chi connectivity index (χ0n) is 16.7. The molecule has 0 heterocycles. The molecule has 0 spiro atoms. The largest absolute Gasteiger partial charge is 0.492 e. The maximum absolute atomic E-state index is 13.2. The fourth-order valence-electron chi connectivity index (χ4n) is 3.47. The van der Waals surface area contributed by atoms with Crippen LogP contribution in [0.4, 0.5) is 5.69 Å². The molecule has 3 rings (SSSR count). The number of rotatable bonds is 7. The summed E-state index contributed by atoms with van der Waals surface area (Å²) in [4.78, 5) is 13.2. The van der Waals surface area contributed by atoms with E-state index in [1.54, 1.807) is 25.1 Å². The third-order valence-electron chi connectivity index (χ3n) is 5.28. The summed E-state index contributed by atoms with van der Waals surface area (Å²) in [5.41, 5.74) is 0.636. The van der Waals surface area contributed by atoms with Crippen molar-refractivity contribution in [2.24, 2.45) is 0 Å². The Morgan fingerprint density at radius 2 is 1.93 bits per heavy atom. The van der Waals surface area contributed by atoms with Gasteiger partial charge in [0, 0.05) is 24.8 Å². The predicted molar refractivity (Wildman–Crippen MR) is 114 cm³/mol. The quantitative estimate of drug-likeness (QED) is 0.710. The van der Waals surface area contributed by atoms with Gasteiger partial charge in [0.25, 0.3) is 0 Å². The number of nitrogens with one attached hydrogen (secondary N) is 1. The van der Waals surface area contributed by atoms with Crippen LogP contribution in [-0.4, -0.2) is 39.3 Å². The molecule has 0 radical (unpaired) electrons. The van der Waals surface area contributed by atoms with E-state index in [2.05, 4.69) is 5.32 Å². The normalized spacial score (nSPS) is 15.6. The number of ether oxygens (including phenoxy) is 1. The molecule has 2 aromatic rings. The number of halogens is 1. The highest BCUT2D eigenvalue weighted by molar-refractivity contribution is 7.89. The van der Waals surface area contributed by atoms with Crippen LogP contribution in [0.25, 0.3) is 0 Å². The number of benzene rings is 2. The Balaban J connectivity index is 1.94. The Bertz CT molecular complexity index is 1020. The second-order valence-electron chi connectivity index (χ2n) is 7.28. The Morgan fingerprint density at radius 3 is 2.48 bits per heavy atom. The molecule has 0 aliphatic heterocycles. The molecule has 0 atom stereocenters. The summed E-state index contributed by atoms with van der Waals surface area (Å²) in [6.07, 6.45) is 2.39. The van der Waals surface area contributed by atoms with Gasteiger partial charge in [-0.1, -0.05) is 30.2 Å². The Morgan fingerprint density at radius 1 is 1.21 bits per heavy atom. The monoisotopic (exact) mass is 436 g/mol. The molecule has 1 aliphatic carbocycles. The number of hydrogen-bond donors (Lipinski definition) is 1. The van der Waals surface area contributed by atoms with Gasteiger partial charge in [-0.2, -0.15) is 0 Å². The van der Waals surface area contributed by atoms with Crippen LogP contribution in [0.15, 0.2) is 47.4 Å². The second-order valence-corrected chi connectivity index (χ2v) is 9.84. The van der Waals surface area contributed by atoms with Crippen molar-refractivity contribution in [3.05, 3.63) is 53.1 Å². The van der Waals surface area contributed by atoms with Crippen molar-refractivity contribution in [2.75, 3.05) is 26.0 Å². The van der Waals surface area contributed by atoms with E-state index < -0.39 is 15.4 Å². The summed E-state index contributed by atoms with van der Waals surface area (Å²) in [6.45, 7) is 2.12. The third-order valence-corrected chi connectivity index (χ3v) is 7.35. The average molecular weight is 437 g/mol. The van der Waals surface area contributed by atoms with Crippen molar-refractivity contribution in [1.29, 1.82) is 0 Å². The molecular weight excluding hydrogens is 412 g/mol. The van der Waals surface area contributed by atoms with E-state index >= 15 is 0 Å². The lowest BCUT2D eigenvalue weighted by molar-refractivity contribution is -0.124. The molecule has 156 valence electrons. The van der Waals surface area contributed by atoms with Crippen LogP contribution in [0.1, 0.15) is 31.7 Å². The molecule has 2 aromatic carbocycles. The summed E-state index contributed by atoms with van der Waals surface area (Å²) in [6, 6.07) is 12.0. The van der Waals surface area contributed by atoms with Gasteiger partial charge in [-0.3, -0.25) is 4.79 Å². The van der Waals surface area contributed by atoms with Crippen molar-refractivity contribution >= 4 is 33.2 Å². The van der Waals surface area contributed by atoms with Crippen LogP contribution in [0.3, 0.4) is 0 Å². The SMILES string of the molecule is CCOc1ccc(NC(=O)C2(c3cccc(Cl)c3)CCC2)cc1S(=O)(=O)N(C)C. The van der Waals surface area contributed by atoms with Crippen LogP contribution in [0.2, 0.25) is 5.02 Å². The minimum absolute atomic E-state index is 0.0209. The minimum atomic E-state index is -3.73. The molecule has 1 amide bonds. The van der Waals surface area contributed by atoms with Gasteiger partial charge in [0.1, 0.15) is 10.6 Å². The number of nitrogens with zero attached hydrogens (tertiary/aromatic N) is 1. The van der Waals surface area contributed by atoms with Gasteiger partial charge in [-0.05, 0) is 55.7 Å². The van der Waals surface area contributed by atoms with Gasteiger partial charge >= 0.3 is 0 Å². The first-order valence-electron chi connectivity index (χ1n) is 9.47. The maximum atomic E-state index is 13.2. The lowest BCUT2D eigenvalue weighted by Gasteiger charge is -2.40.